The fraction of sp³-hybridized carbons (Fsp3) is 0.200. The first-order chi connectivity index (χ1) is 12.9. The first-order valence-electron chi connectivity index (χ1n) is 8.25. The van der Waals surface area contributed by atoms with Crippen LogP contribution in [-0.4, -0.2) is 23.6 Å². The molecule has 0 saturated carbocycles. The summed E-state index contributed by atoms with van der Waals surface area (Å²) >= 11 is 5.87. The normalized spacial score (nSPS) is 11.0. The van der Waals surface area contributed by atoms with Crippen molar-refractivity contribution in [1.82, 2.24) is 5.32 Å². The molecule has 7 heteroatoms. The van der Waals surface area contributed by atoms with E-state index in [1.165, 1.54) is 13.0 Å². The number of amides is 1. The Balaban J connectivity index is 2.23. The summed E-state index contributed by atoms with van der Waals surface area (Å²) in [6, 6.07) is 12.3. The Kier molecular flexibility index (Phi) is 7.25. The summed E-state index contributed by atoms with van der Waals surface area (Å²) in [6.45, 7) is 3.84. The minimum absolute atomic E-state index is 0.222. The van der Waals surface area contributed by atoms with Crippen LogP contribution < -0.4 is 14.8 Å². The molecule has 0 aliphatic heterocycles. The Labute approximate surface area is 162 Å². The lowest BCUT2D eigenvalue weighted by atomic mass is 10.1. The topological polar surface area (TPSA) is 84.9 Å². The van der Waals surface area contributed by atoms with Gasteiger partial charge in [-0.3, -0.25) is 4.79 Å². The zero-order valence-corrected chi connectivity index (χ0v) is 15.7. The second-order valence-electron chi connectivity index (χ2n) is 5.60. The monoisotopic (exact) mass is 389 g/mol. The number of carbonyl (C=O) groups excluding carboxylic acids is 1. The third kappa shape index (κ3) is 6.34. The number of nitrogens with one attached hydrogen (secondary N) is 1. The average Bonchev–Trinajstić information content (AvgIpc) is 2.61. The lowest BCUT2D eigenvalue weighted by molar-refractivity contribution is -0.134. The Hall–Kier alpha value is -2.99. The molecule has 27 heavy (non-hydrogen) atoms. The number of benzene rings is 2. The summed E-state index contributed by atoms with van der Waals surface area (Å²) in [6.07, 6.45) is 1.36. The van der Waals surface area contributed by atoms with Crippen LogP contribution in [0.5, 0.6) is 11.5 Å². The average molecular weight is 390 g/mol. The van der Waals surface area contributed by atoms with Crippen LogP contribution in [0.4, 0.5) is 0 Å². The molecule has 0 bridgehead atoms. The Morgan fingerprint density at radius 2 is 1.81 bits per heavy atom. The number of carboxylic acids is 1. The highest BCUT2D eigenvalue weighted by atomic mass is 35.5. The zero-order valence-electron chi connectivity index (χ0n) is 15.0. The number of ether oxygens (including phenoxy) is 2. The number of rotatable bonds is 8. The summed E-state index contributed by atoms with van der Waals surface area (Å²) < 4.78 is 11.4. The molecule has 0 unspecified atom stereocenters. The minimum Gasteiger partial charge on any atom is -0.490 e. The maximum Gasteiger partial charge on any atom is 0.352 e. The van der Waals surface area contributed by atoms with Crippen LogP contribution in [0.25, 0.3) is 6.08 Å². The Morgan fingerprint density at radius 1 is 1.11 bits per heavy atom. The quantitative estimate of drug-likeness (QED) is 0.669. The molecule has 0 aliphatic rings. The summed E-state index contributed by atoms with van der Waals surface area (Å²) in [7, 11) is 0. The van der Waals surface area contributed by atoms with Gasteiger partial charge in [-0.25, -0.2) is 4.79 Å². The van der Waals surface area contributed by atoms with Crippen molar-refractivity contribution in [3.63, 3.8) is 0 Å². The largest absolute Gasteiger partial charge is 0.490 e. The van der Waals surface area contributed by atoms with Gasteiger partial charge in [0, 0.05) is 11.9 Å². The van der Waals surface area contributed by atoms with E-state index in [9.17, 15) is 14.7 Å². The summed E-state index contributed by atoms with van der Waals surface area (Å²) in [4.78, 5) is 22.4. The smallest absolute Gasteiger partial charge is 0.352 e. The lowest BCUT2D eigenvalue weighted by Gasteiger charge is -2.13. The van der Waals surface area contributed by atoms with Crippen LogP contribution in [0, 0.1) is 0 Å². The fourth-order valence-corrected chi connectivity index (χ4v) is 2.38. The highest BCUT2D eigenvalue weighted by Gasteiger charge is 2.11. The highest BCUT2D eigenvalue weighted by Crippen LogP contribution is 2.30. The van der Waals surface area contributed by atoms with E-state index in [1.807, 2.05) is 19.1 Å². The molecule has 0 radical (unpaired) electrons. The van der Waals surface area contributed by atoms with Gasteiger partial charge in [0.2, 0.25) is 5.91 Å². The molecule has 2 N–H and O–H groups in total. The molecular formula is C20H20ClNO5. The number of aliphatic carboxylic acids is 1. The van der Waals surface area contributed by atoms with Gasteiger partial charge < -0.3 is 19.9 Å². The van der Waals surface area contributed by atoms with E-state index in [0.29, 0.717) is 35.3 Å². The van der Waals surface area contributed by atoms with Gasteiger partial charge >= 0.3 is 5.97 Å². The predicted molar refractivity (Wildman–Crippen MR) is 103 cm³/mol. The zero-order chi connectivity index (χ0) is 19.8. The van der Waals surface area contributed by atoms with E-state index in [1.54, 1.807) is 30.3 Å². The summed E-state index contributed by atoms with van der Waals surface area (Å²) in [5, 5.41) is 12.1. The molecule has 0 aromatic heterocycles. The van der Waals surface area contributed by atoms with Gasteiger partial charge in [0.25, 0.3) is 0 Å². The molecule has 6 nitrogen and oxygen atoms in total. The van der Waals surface area contributed by atoms with E-state index in [-0.39, 0.29) is 5.70 Å². The molecule has 0 aliphatic carbocycles. The van der Waals surface area contributed by atoms with E-state index in [4.69, 9.17) is 21.1 Å². The van der Waals surface area contributed by atoms with Crippen molar-refractivity contribution in [1.29, 1.82) is 0 Å². The third-order valence-electron chi connectivity index (χ3n) is 3.43. The predicted octanol–water partition coefficient (Wildman–Crippen LogP) is 3.88. The molecule has 1 amide bonds. The molecule has 0 saturated heterocycles. The van der Waals surface area contributed by atoms with Gasteiger partial charge in [0.05, 0.1) is 6.61 Å². The van der Waals surface area contributed by atoms with Crippen LogP contribution in [0.1, 0.15) is 25.0 Å². The minimum atomic E-state index is -1.23. The summed E-state index contributed by atoms with van der Waals surface area (Å²) in [5.41, 5.74) is 1.29. The first-order valence-corrected chi connectivity index (χ1v) is 8.63. The second-order valence-corrected chi connectivity index (χ2v) is 6.04. The molecule has 2 aromatic carbocycles. The molecule has 0 fully saturated rings. The van der Waals surface area contributed by atoms with Crippen LogP contribution >= 0.6 is 11.6 Å². The SMILES string of the molecule is CCOc1cc(/C=C(/NC(C)=O)C(=O)O)ccc1OCc1ccc(Cl)cc1. The Morgan fingerprint density at radius 3 is 2.41 bits per heavy atom. The van der Waals surface area contributed by atoms with Crippen molar-refractivity contribution in [2.45, 2.75) is 20.5 Å². The van der Waals surface area contributed by atoms with Gasteiger partial charge in [-0.2, -0.15) is 0 Å². The van der Waals surface area contributed by atoms with Crippen LogP contribution in [0.3, 0.4) is 0 Å². The van der Waals surface area contributed by atoms with Gasteiger partial charge in [-0.1, -0.05) is 29.8 Å². The third-order valence-corrected chi connectivity index (χ3v) is 3.68. The molecule has 2 rings (SSSR count). The van der Waals surface area contributed by atoms with Crippen molar-refractivity contribution < 1.29 is 24.2 Å². The van der Waals surface area contributed by atoms with Crippen molar-refractivity contribution in [3.05, 3.63) is 64.3 Å². The fourth-order valence-electron chi connectivity index (χ4n) is 2.25. The number of hydrogen-bond acceptors (Lipinski definition) is 4. The van der Waals surface area contributed by atoms with Crippen molar-refractivity contribution in [3.8, 4) is 11.5 Å². The molecule has 142 valence electrons. The maximum absolute atomic E-state index is 11.3. The second kappa shape index (κ2) is 9.64. The molecular weight excluding hydrogens is 370 g/mol. The number of hydrogen-bond donors (Lipinski definition) is 2. The number of carbonyl (C=O) groups is 2. The van der Waals surface area contributed by atoms with E-state index in [0.717, 1.165) is 5.56 Å². The van der Waals surface area contributed by atoms with Gasteiger partial charge in [0.15, 0.2) is 11.5 Å². The van der Waals surface area contributed by atoms with Gasteiger partial charge in [-0.05, 0) is 48.4 Å². The van der Waals surface area contributed by atoms with Crippen molar-refractivity contribution in [2.24, 2.45) is 0 Å². The first kappa shape index (κ1) is 20.3. The molecule has 0 heterocycles. The molecule has 0 atom stereocenters. The molecule has 2 aromatic rings. The van der Waals surface area contributed by atoms with Gasteiger partial charge in [0.1, 0.15) is 12.3 Å². The number of carboxylic acid groups (broad SMARTS) is 1. The van der Waals surface area contributed by atoms with E-state index in [2.05, 4.69) is 5.32 Å². The highest BCUT2D eigenvalue weighted by molar-refractivity contribution is 6.30. The standard InChI is InChI=1S/C20H20ClNO5/c1-3-26-19-11-15(10-17(20(24)25)22-13(2)23)6-9-18(19)27-12-14-4-7-16(21)8-5-14/h4-11H,3,12H2,1-2H3,(H,22,23)(H,24,25)/b17-10+. The van der Waals surface area contributed by atoms with Gasteiger partial charge in [-0.15, -0.1) is 0 Å². The van der Waals surface area contributed by atoms with E-state index < -0.39 is 11.9 Å². The van der Waals surface area contributed by atoms with Crippen LogP contribution in [0.15, 0.2) is 48.2 Å². The Bertz CT molecular complexity index is 846. The lowest BCUT2D eigenvalue weighted by Crippen LogP contribution is -2.24. The maximum atomic E-state index is 11.3. The molecule has 0 spiro atoms. The van der Waals surface area contributed by atoms with Crippen LogP contribution in [-0.2, 0) is 16.2 Å². The van der Waals surface area contributed by atoms with Crippen molar-refractivity contribution >= 4 is 29.6 Å². The number of halogens is 1. The summed E-state index contributed by atoms with van der Waals surface area (Å²) in [5.74, 6) is -0.684. The van der Waals surface area contributed by atoms with Crippen LogP contribution in [0.2, 0.25) is 5.02 Å². The van der Waals surface area contributed by atoms with Crippen molar-refractivity contribution in [2.75, 3.05) is 6.61 Å². The van der Waals surface area contributed by atoms with E-state index >= 15 is 0 Å².